The molecule has 2 aromatic heterocycles. The fraction of sp³-hybridized carbons (Fsp3) is 0.400. The molecule has 0 radical (unpaired) electrons. The van der Waals surface area contributed by atoms with Gasteiger partial charge in [-0.25, -0.2) is 0 Å². The molecule has 0 fully saturated rings. The van der Waals surface area contributed by atoms with Gasteiger partial charge in [0.2, 0.25) is 0 Å². The van der Waals surface area contributed by atoms with E-state index in [-0.39, 0.29) is 10.8 Å². The second-order valence-electron chi connectivity index (χ2n) is 3.85. The van der Waals surface area contributed by atoms with E-state index >= 15 is 0 Å². The van der Waals surface area contributed by atoms with E-state index in [0.717, 1.165) is 17.8 Å². The lowest BCUT2D eigenvalue weighted by molar-refractivity contribution is -0.389. The summed E-state index contributed by atoms with van der Waals surface area (Å²) in [7, 11) is 0. The van der Waals surface area contributed by atoms with Gasteiger partial charge in [-0.1, -0.05) is 11.6 Å². The average molecular weight is 270 g/mol. The van der Waals surface area contributed by atoms with Gasteiger partial charge in [0, 0.05) is 18.3 Å². The van der Waals surface area contributed by atoms with Crippen LogP contribution in [0.4, 0.5) is 5.82 Å². The number of rotatable bonds is 4. The topological polar surface area (TPSA) is 78.8 Å². The van der Waals surface area contributed by atoms with E-state index in [4.69, 9.17) is 11.6 Å². The van der Waals surface area contributed by atoms with Crippen molar-refractivity contribution in [2.45, 2.75) is 26.9 Å². The van der Waals surface area contributed by atoms with Crippen molar-refractivity contribution < 1.29 is 4.92 Å². The van der Waals surface area contributed by atoms with Crippen molar-refractivity contribution in [3.8, 4) is 0 Å². The molecule has 0 saturated carbocycles. The van der Waals surface area contributed by atoms with E-state index in [9.17, 15) is 10.1 Å². The summed E-state index contributed by atoms with van der Waals surface area (Å²) in [6.45, 7) is 5.08. The Bertz CT molecular complexity index is 589. The van der Waals surface area contributed by atoms with Crippen LogP contribution in [0.15, 0.2) is 12.4 Å². The Balaban J connectivity index is 2.25. The molecule has 2 heterocycles. The van der Waals surface area contributed by atoms with Gasteiger partial charge in [0.25, 0.3) is 0 Å². The quantitative estimate of drug-likeness (QED) is 0.628. The lowest BCUT2D eigenvalue weighted by Crippen LogP contribution is -2.01. The van der Waals surface area contributed by atoms with Crippen molar-refractivity contribution in [1.82, 2.24) is 19.6 Å². The second-order valence-corrected chi connectivity index (χ2v) is 4.26. The molecular formula is C10H12ClN5O2. The number of aromatic nitrogens is 4. The maximum Gasteiger partial charge on any atom is 0.408 e. The monoisotopic (exact) mass is 269 g/mol. The van der Waals surface area contributed by atoms with Crippen molar-refractivity contribution >= 4 is 17.4 Å². The van der Waals surface area contributed by atoms with Crippen molar-refractivity contribution in [2.24, 2.45) is 0 Å². The molecule has 8 heteroatoms. The van der Waals surface area contributed by atoms with Crippen LogP contribution in [0.1, 0.15) is 18.2 Å². The fourth-order valence-corrected chi connectivity index (χ4v) is 1.86. The van der Waals surface area contributed by atoms with E-state index in [1.165, 1.54) is 10.9 Å². The van der Waals surface area contributed by atoms with Gasteiger partial charge in [-0.3, -0.25) is 4.68 Å². The highest BCUT2D eigenvalue weighted by atomic mass is 35.5. The highest BCUT2D eigenvalue weighted by molar-refractivity contribution is 6.32. The number of aryl methyl sites for hydroxylation is 2. The first kappa shape index (κ1) is 12.6. The molecule has 0 aliphatic carbocycles. The molecule has 0 aromatic carbocycles. The Morgan fingerprint density at radius 1 is 1.39 bits per heavy atom. The lowest BCUT2D eigenvalue weighted by atomic mass is 10.3. The van der Waals surface area contributed by atoms with Gasteiger partial charge in [-0.2, -0.15) is 9.78 Å². The minimum absolute atomic E-state index is 0.0422. The van der Waals surface area contributed by atoms with Crippen LogP contribution in [0.5, 0.6) is 0 Å². The number of halogens is 1. The smallest absolute Gasteiger partial charge is 0.358 e. The molecule has 0 aliphatic heterocycles. The van der Waals surface area contributed by atoms with Crippen LogP contribution in [-0.2, 0) is 13.1 Å². The summed E-state index contributed by atoms with van der Waals surface area (Å²) in [6.07, 6.45) is 3.35. The average Bonchev–Trinajstić information content (AvgIpc) is 2.83. The zero-order chi connectivity index (χ0) is 13.3. The maximum atomic E-state index is 10.6. The summed E-state index contributed by atoms with van der Waals surface area (Å²) in [5.74, 6) is -0.322. The van der Waals surface area contributed by atoms with E-state index in [1.54, 1.807) is 0 Å². The Morgan fingerprint density at radius 2 is 2.11 bits per heavy atom. The van der Waals surface area contributed by atoms with Gasteiger partial charge in [-0.05, 0) is 18.8 Å². The third-order valence-electron chi connectivity index (χ3n) is 2.58. The van der Waals surface area contributed by atoms with Crippen LogP contribution in [0, 0.1) is 17.0 Å². The van der Waals surface area contributed by atoms with Gasteiger partial charge in [-0.15, -0.1) is 0 Å². The summed E-state index contributed by atoms with van der Waals surface area (Å²) >= 11 is 5.73. The van der Waals surface area contributed by atoms with E-state index in [1.807, 2.05) is 24.7 Å². The first-order valence-electron chi connectivity index (χ1n) is 5.41. The minimum atomic E-state index is -0.596. The largest absolute Gasteiger partial charge is 0.408 e. The van der Waals surface area contributed by atoms with Crippen molar-refractivity contribution in [1.29, 1.82) is 0 Å². The number of hydrogen-bond donors (Lipinski definition) is 0. The second kappa shape index (κ2) is 4.77. The Labute approximate surface area is 108 Å². The standard InChI is InChI=1S/C10H12ClN5O2/c1-3-14-4-8(7(2)12-14)5-15-6-9(11)10(13-15)16(17)18/h4,6H,3,5H2,1-2H3. The Hall–Kier alpha value is -1.89. The van der Waals surface area contributed by atoms with E-state index in [2.05, 4.69) is 10.2 Å². The third kappa shape index (κ3) is 2.35. The molecule has 0 unspecified atom stereocenters. The zero-order valence-electron chi connectivity index (χ0n) is 10.00. The molecule has 0 N–H and O–H groups in total. The summed E-state index contributed by atoms with van der Waals surface area (Å²) in [5, 5.41) is 18.8. The molecule has 7 nitrogen and oxygen atoms in total. The highest BCUT2D eigenvalue weighted by Gasteiger charge is 2.19. The first-order valence-corrected chi connectivity index (χ1v) is 5.79. The normalized spacial score (nSPS) is 10.8. The molecule has 0 bridgehead atoms. The zero-order valence-corrected chi connectivity index (χ0v) is 10.8. The lowest BCUT2D eigenvalue weighted by Gasteiger charge is -1.94. The van der Waals surface area contributed by atoms with Gasteiger partial charge >= 0.3 is 5.82 Å². The Kier molecular flexibility index (Phi) is 3.33. The van der Waals surface area contributed by atoms with Gasteiger partial charge in [0.15, 0.2) is 5.02 Å². The van der Waals surface area contributed by atoms with Crippen LogP contribution in [0.3, 0.4) is 0 Å². The van der Waals surface area contributed by atoms with Crippen molar-refractivity contribution in [3.63, 3.8) is 0 Å². The molecular weight excluding hydrogens is 258 g/mol. The number of hydrogen-bond acceptors (Lipinski definition) is 4. The molecule has 0 amide bonds. The molecule has 0 saturated heterocycles. The van der Waals surface area contributed by atoms with E-state index < -0.39 is 4.92 Å². The maximum absolute atomic E-state index is 10.6. The summed E-state index contributed by atoms with van der Waals surface area (Å²) in [6, 6.07) is 0. The SMILES string of the molecule is CCn1cc(Cn2cc(Cl)c([N+](=O)[O-])n2)c(C)n1. The molecule has 0 atom stereocenters. The molecule has 2 aromatic rings. The molecule has 18 heavy (non-hydrogen) atoms. The fourth-order valence-electron chi connectivity index (χ4n) is 1.64. The van der Waals surface area contributed by atoms with Gasteiger partial charge in [0.1, 0.15) is 0 Å². The molecule has 96 valence electrons. The Morgan fingerprint density at radius 3 is 2.61 bits per heavy atom. The molecule has 0 spiro atoms. The van der Waals surface area contributed by atoms with Crippen molar-refractivity contribution in [3.05, 3.63) is 38.8 Å². The number of nitro groups is 1. The predicted molar refractivity (Wildman–Crippen MR) is 65.6 cm³/mol. The first-order chi connectivity index (χ1) is 8.51. The summed E-state index contributed by atoms with van der Waals surface area (Å²) in [5.41, 5.74) is 1.84. The minimum Gasteiger partial charge on any atom is -0.358 e. The van der Waals surface area contributed by atoms with Crippen LogP contribution in [0.25, 0.3) is 0 Å². The van der Waals surface area contributed by atoms with Gasteiger partial charge < -0.3 is 10.1 Å². The van der Waals surface area contributed by atoms with Gasteiger partial charge in [0.05, 0.1) is 23.5 Å². The summed E-state index contributed by atoms with van der Waals surface area (Å²) < 4.78 is 3.26. The highest BCUT2D eigenvalue weighted by Crippen LogP contribution is 2.22. The van der Waals surface area contributed by atoms with Crippen molar-refractivity contribution in [2.75, 3.05) is 0 Å². The van der Waals surface area contributed by atoms with E-state index in [0.29, 0.717) is 6.54 Å². The third-order valence-corrected chi connectivity index (χ3v) is 2.84. The summed E-state index contributed by atoms with van der Waals surface area (Å²) in [4.78, 5) is 10.0. The number of nitrogens with zero attached hydrogens (tertiary/aromatic N) is 5. The van der Waals surface area contributed by atoms with Crippen LogP contribution >= 0.6 is 11.6 Å². The van der Waals surface area contributed by atoms with Crippen LogP contribution in [-0.4, -0.2) is 24.5 Å². The predicted octanol–water partition coefficient (Wildman–Crippen LogP) is 2.02. The molecule has 2 rings (SSSR count). The van der Waals surface area contributed by atoms with Crippen LogP contribution in [0.2, 0.25) is 5.02 Å². The molecule has 0 aliphatic rings. The van der Waals surface area contributed by atoms with Crippen LogP contribution < -0.4 is 0 Å².